The molecule has 1 rings (SSSR count). The maximum absolute atomic E-state index is 11.3. The predicted octanol–water partition coefficient (Wildman–Crippen LogP) is 3.92. The molecule has 0 spiro atoms. The van der Waals surface area contributed by atoms with Crippen LogP contribution in [0.25, 0.3) is 0 Å². The molecule has 6 heteroatoms. The van der Waals surface area contributed by atoms with Gasteiger partial charge in [0.25, 0.3) is 0 Å². The Labute approximate surface area is 113 Å². The molecule has 0 aliphatic carbocycles. The molecule has 0 fully saturated rings. The van der Waals surface area contributed by atoms with Crippen molar-refractivity contribution in [2.75, 3.05) is 0 Å². The maximum Gasteiger partial charge on any atom is 0.441 e. The van der Waals surface area contributed by atoms with Crippen LogP contribution in [0.15, 0.2) is 22.7 Å². The Bertz CT molecular complexity index is 418. The fourth-order valence-electron chi connectivity index (χ4n) is 0.951. The average molecular weight is 323 g/mol. The second-order valence-corrected chi connectivity index (χ2v) is 5.60. The Morgan fingerprint density at radius 2 is 2.06 bits per heavy atom. The smallest absolute Gasteiger partial charge is 0.441 e. The second kappa shape index (κ2) is 5.60. The van der Waals surface area contributed by atoms with Gasteiger partial charge in [0, 0.05) is 4.47 Å². The molecule has 0 saturated carbocycles. The highest BCUT2D eigenvalue weighted by molar-refractivity contribution is 9.10. The quantitative estimate of drug-likeness (QED) is 0.840. The van der Waals surface area contributed by atoms with Crippen LogP contribution in [0.2, 0.25) is 5.02 Å². The first kappa shape index (κ1) is 14.1. The molecule has 0 unspecified atom stereocenters. The van der Waals surface area contributed by atoms with Gasteiger partial charge in [0.1, 0.15) is 5.60 Å². The number of carbonyl (C=O) groups excluding carboxylic acids is 1. The lowest BCUT2D eigenvalue weighted by atomic mass is 10.2. The Morgan fingerprint density at radius 3 is 2.65 bits per heavy atom. The third-order valence-corrected chi connectivity index (χ3v) is 2.34. The van der Waals surface area contributed by atoms with Gasteiger partial charge in [-0.15, -0.1) is 0 Å². The van der Waals surface area contributed by atoms with Crippen LogP contribution >= 0.6 is 27.5 Å². The first-order chi connectivity index (χ1) is 7.78. The molecule has 1 aromatic carbocycles. The number of benzene rings is 1. The standard InChI is InChI=1S/C11H13BrClNO3/c1-11(2,3)16-10(15)14-17-9-6-7(12)4-5-8(9)13/h4-6H,1-3H3,(H,14,15). The summed E-state index contributed by atoms with van der Waals surface area (Å²) in [4.78, 5) is 16.4. The van der Waals surface area contributed by atoms with Crippen molar-refractivity contribution in [1.82, 2.24) is 5.48 Å². The van der Waals surface area contributed by atoms with Crippen LogP contribution in [-0.2, 0) is 4.74 Å². The van der Waals surface area contributed by atoms with Gasteiger partial charge in [-0.2, -0.15) is 5.48 Å². The van der Waals surface area contributed by atoms with E-state index in [1.54, 1.807) is 39.0 Å². The number of nitrogens with one attached hydrogen (secondary N) is 1. The van der Waals surface area contributed by atoms with Gasteiger partial charge in [-0.05, 0) is 39.0 Å². The maximum atomic E-state index is 11.3. The lowest BCUT2D eigenvalue weighted by Crippen LogP contribution is -2.34. The number of amides is 1. The highest BCUT2D eigenvalue weighted by Gasteiger charge is 2.16. The molecular weight excluding hydrogens is 309 g/mol. The average Bonchev–Trinajstić information content (AvgIpc) is 2.17. The van der Waals surface area contributed by atoms with Crippen LogP contribution in [0.4, 0.5) is 4.79 Å². The third-order valence-electron chi connectivity index (χ3n) is 1.54. The number of hydroxylamine groups is 1. The summed E-state index contributed by atoms with van der Waals surface area (Å²) in [7, 11) is 0. The highest BCUT2D eigenvalue weighted by atomic mass is 79.9. The Kier molecular flexibility index (Phi) is 4.65. The van der Waals surface area contributed by atoms with E-state index in [9.17, 15) is 4.79 Å². The van der Waals surface area contributed by atoms with E-state index in [4.69, 9.17) is 21.2 Å². The van der Waals surface area contributed by atoms with Crippen molar-refractivity contribution >= 4 is 33.6 Å². The molecule has 4 nitrogen and oxygen atoms in total. The molecular formula is C11H13BrClNO3. The molecule has 17 heavy (non-hydrogen) atoms. The third kappa shape index (κ3) is 5.28. The number of hydrogen-bond donors (Lipinski definition) is 1. The van der Waals surface area contributed by atoms with E-state index in [1.165, 1.54) is 0 Å². The van der Waals surface area contributed by atoms with Crippen molar-refractivity contribution < 1.29 is 14.4 Å². The van der Waals surface area contributed by atoms with Crippen molar-refractivity contribution in [3.05, 3.63) is 27.7 Å². The molecule has 0 aliphatic rings. The van der Waals surface area contributed by atoms with Crippen LogP contribution in [0, 0.1) is 0 Å². The van der Waals surface area contributed by atoms with Crippen LogP contribution in [0.3, 0.4) is 0 Å². The summed E-state index contributed by atoms with van der Waals surface area (Å²) in [5.41, 5.74) is 1.58. The number of ether oxygens (including phenoxy) is 1. The minimum absolute atomic E-state index is 0.340. The molecule has 0 radical (unpaired) electrons. The lowest BCUT2D eigenvalue weighted by molar-refractivity contribution is 0.0288. The van der Waals surface area contributed by atoms with E-state index in [1.807, 2.05) is 0 Å². The van der Waals surface area contributed by atoms with E-state index in [0.29, 0.717) is 10.8 Å². The monoisotopic (exact) mass is 321 g/mol. The van der Waals surface area contributed by atoms with E-state index in [2.05, 4.69) is 21.4 Å². The first-order valence-electron chi connectivity index (χ1n) is 4.89. The summed E-state index contributed by atoms with van der Waals surface area (Å²) >= 11 is 9.14. The molecule has 0 aromatic heterocycles. The Balaban J connectivity index is 2.56. The zero-order chi connectivity index (χ0) is 13.1. The largest absolute Gasteiger partial charge is 0.442 e. The fraction of sp³-hybridized carbons (Fsp3) is 0.364. The van der Waals surface area contributed by atoms with Gasteiger partial charge < -0.3 is 9.57 Å². The topological polar surface area (TPSA) is 47.6 Å². The van der Waals surface area contributed by atoms with Gasteiger partial charge in [0.15, 0.2) is 5.75 Å². The number of rotatable bonds is 2. The Morgan fingerprint density at radius 1 is 1.41 bits per heavy atom. The van der Waals surface area contributed by atoms with Gasteiger partial charge >= 0.3 is 6.09 Å². The number of hydrogen-bond acceptors (Lipinski definition) is 3. The van der Waals surface area contributed by atoms with Crippen LogP contribution in [0.1, 0.15) is 20.8 Å². The van der Waals surface area contributed by atoms with Crippen LogP contribution < -0.4 is 10.3 Å². The van der Waals surface area contributed by atoms with Gasteiger partial charge in [-0.1, -0.05) is 27.5 Å². The van der Waals surface area contributed by atoms with Crippen LogP contribution in [-0.4, -0.2) is 11.7 Å². The highest BCUT2D eigenvalue weighted by Crippen LogP contribution is 2.27. The molecule has 0 heterocycles. The minimum Gasteiger partial charge on any atom is -0.442 e. The van der Waals surface area contributed by atoms with Crippen LogP contribution in [0.5, 0.6) is 5.75 Å². The fourth-order valence-corrected chi connectivity index (χ4v) is 1.45. The number of carbonyl (C=O) groups is 1. The molecule has 94 valence electrons. The van der Waals surface area contributed by atoms with Crippen molar-refractivity contribution in [2.24, 2.45) is 0 Å². The first-order valence-corrected chi connectivity index (χ1v) is 6.06. The zero-order valence-electron chi connectivity index (χ0n) is 9.71. The van der Waals surface area contributed by atoms with E-state index in [-0.39, 0.29) is 0 Å². The predicted molar refractivity (Wildman–Crippen MR) is 69.1 cm³/mol. The van der Waals surface area contributed by atoms with E-state index < -0.39 is 11.7 Å². The zero-order valence-corrected chi connectivity index (χ0v) is 12.1. The summed E-state index contributed by atoms with van der Waals surface area (Å²) < 4.78 is 5.79. The summed E-state index contributed by atoms with van der Waals surface area (Å²) in [6.07, 6.45) is -0.673. The molecule has 1 N–H and O–H groups in total. The van der Waals surface area contributed by atoms with Gasteiger partial charge in [-0.3, -0.25) is 0 Å². The summed E-state index contributed by atoms with van der Waals surface area (Å²) in [6.45, 7) is 5.29. The van der Waals surface area contributed by atoms with Gasteiger partial charge in [0.2, 0.25) is 0 Å². The molecule has 1 amide bonds. The normalized spacial score (nSPS) is 10.9. The van der Waals surface area contributed by atoms with Gasteiger partial charge in [-0.25, -0.2) is 4.79 Å². The molecule has 0 aliphatic heterocycles. The number of halogens is 2. The van der Waals surface area contributed by atoms with Gasteiger partial charge in [0.05, 0.1) is 5.02 Å². The van der Waals surface area contributed by atoms with Crippen molar-refractivity contribution in [2.45, 2.75) is 26.4 Å². The lowest BCUT2D eigenvalue weighted by Gasteiger charge is -2.19. The SMILES string of the molecule is CC(C)(C)OC(=O)NOc1cc(Br)ccc1Cl. The molecule has 0 saturated heterocycles. The Hall–Kier alpha value is -0.940. The van der Waals surface area contributed by atoms with E-state index in [0.717, 1.165) is 4.47 Å². The minimum atomic E-state index is -0.673. The molecule has 0 atom stereocenters. The second-order valence-electron chi connectivity index (χ2n) is 4.28. The summed E-state index contributed by atoms with van der Waals surface area (Å²) in [6, 6.07) is 5.06. The summed E-state index contributed by atoms with van der Waals surface area (Å²) in [5, 5.41) is 0.393. The molecule has 1 aromatic rings. The molecule has 0 bridgehead atoms. The summed E-state index contributed by atoms with van der Waals surface area (Å²) in [5.74, 6) is 0.340. The van der Waals surface area contributed by atoms with Crippen molar-refractivity contribution in [1.29, 1.82) is 0 Å². The van der Waals surface area contributed by atoms with Crippen molar-refractivity contribution in [3.8, 4) is 5.75 Å². The van der Waals surface area contributed by atoms with E-state index >= 15 is 0 Å². The van der Waals surface area contributed by atoms with Crippen molar-refractivity contribution in [3.63, 3.8) is 0 Å².